The number of nitrogens with one attached hydrogen (secondary N) is 1. The Bertz CT molecular complexity index is 1780. The van der Waals surface area contributed by atoms with Crippen LogP contribution in [0.15, 0.2) is 73.3 Å². The minimum Gasteiger partial charge on any atom is -0.398 e. The number of rotatable bonds is 5. The van der Waals surface area contributed by atoms with E-state index in [0.717, 1.165) is 29.5 Å². The molecule has 1 aliphatic carbocycles. The summed E-state index contributed by atoms with van der Waals surface area (Å²) in [6.45, 7) is 6.60. The number of hydrogen-bond donors (Lipinski definition) is 4. The van der Waals surface area contributed by atoms with Crippen LogP contribution in [0.1, 0.15) is 50.8 Å². The number of nitrogens with zero attached hydrogens (tertiary/aromatic N) is 1. The number of ketones is 1. The fourth-order valence-electron chi connectivity index (χ4n) is 6.29. The first kappa shape index (κ1) is 27.8. The Hall–Kier alpha value is -4.31. The van der Waals surface area contributed by atoms with Gasteiger partial charge in [0.15, 0.2) is 5.78 Å². The lowest BCUT2D eigenvalue weighted by Gasteiger charge is -2.37. The first-order valence-electron chi connectivity index (χ1n) is 14.0. The summed E-state index contributed by atoms with van der Waals surface area (Å²) in [5.41, 5.74) is 23.8. The molecule has 3 aromatic carbocycles. The lowest BCUT2D eigenvalue weighted by Crippen LogP contribution is -2.53. The molecule has 1 fully saturated rings. The topological polar surface area (TPSA) is 145 Å². The van der Waals surface area contributed by atoms with Crippen molar-refractivity contribution in [2.75, 3.05) is 18.8 Å². The third kappa shape index (κ3) is 4.41. The van der Waals surface area contributed by atoms with Gasteiger partial charge in [-0.3, -0.25) is 14.4 Å². The van der Waals surface area contributed by atoms with Gasteiger partial charge in [-0.1, -0.05) is 60.7 Å². The van der Waals surface area contributed by atoms with Crippen LogP contribution in [0.2, 0.25) is 0 Å². The molecule has 6 rings (SSSR count). The maximum atomic E-state index is 14.2. The number of nitrogens with two attached hydrogens (primary N) is 3. The summed E-state index contributed by atoms with van der Waals surface area (Å²) in [7, 11) is 0. The molecular weight excluding hydrogens is 546 g/mol. The van der Waals surface area contributed by atoms with Gasteiger partial charge in [-0.2, -0.15) is 0 Å². The molecule has 7 N–H and O–H groups in total. The van der Waals surface area contributed by atoms with E-state index in [1.54, 1.807) is 17.0 Å². The highest BCUT2D eigenvalue weighted by Crippen LogP contribution is 2.49. The van der Waals surface area contributed by atoms with Crippen molar-refractivity contribution in [3.8, 4) is 11.1 Å². The lowest BCUT2D eigenvalue weighted by atomic mass is 9.70. The van der Waals surface area contributed by atoms with Crippen LogP contribution in [-0.2, 0) is 15.1 Å². The van der Waals surface area contributed by atoms with E-state index in [2.05, 4.69) is 18.0 Å². The van der Waals surface area contributed by atoms with Crippen molar-refractivity contribution in [2.45, 2.75) is 37.4 Å². The van der Waals surface area contributed by atoms with Gasteiger partial charge in [0, 0.05) is 35.8 Å². The molecule has 42 heavy (non-hydrogen) atoms. The first-order chi connectivity index (χ1) is 20.1. The van der Waals surface area contributed by atoms with E-state index >= 15 is 0 Å². The molecule has 0 spiro atoms. The normalized spacial score (nSPS) is 21.8. The molecule has 4 aromatic rings. The van der Waals surface area contributed by atoms with Gasteiger partial charge in [-0.25, -0.2) is 0 Å². The Balaban J connectivity index is 1.43. The molecule has 1 aromatic heterocycles. The van der Waals surface area contributed by atoms with Crippen LogP contribution in [0.5, 0.6) is 0 Å². The Morgan fingerprint density at radius 1 is 1.12 bits per heavy atom. The molecule has 2 heterocycles. The van der Waals surface area contributed by atoms with Gasteiger partial charge in [0.05, 0.1) is 15.6 Å². The molecule has 3 atom stereocenters. The maximum Gasteiger partial charge on any atom is 0.262 e. The number of aryl methyl sites for hydroxylation is 1. The van der Waals surface area contributed by atoms with Gasteiger partial charge >= 0.3 is 0 Å². The van der Waals surface area contributed by atoms with Gasteiger partial charge in [0.25, 0.3) is 5.91 Å². The number of nitrogen functional groups attached to an aromatic ring is 1. The van der Waals surface area contributed by atoms with Crippen molar-refractivity contribution in [3.63, 3.8) is 0 Å². The number of Topliss-reactive ketones (excluding diaryl/α,β-unsaturated/α-hetero) is 1. The monoisotopic (exact) mass is 579 g/mol. The van der Waals surface area contributed by atoms with Gasteiger partial charge in [0.2, 0.25) is 5.91 Å². The minimum atomic E-state index is -1.54. The van der Waals surface area contributed by atoms with E-state index in [-0.39, 0.29) is 17.9 Å². The summed E-state index contributed by atoms with van der Waals surface area (Å²) in [4.78, 5) is 42.1. The Morgan fingerprint density at radius 2 is 1.86 bits per heavy atom. The zero-order valence-corrected chi connectivity index (χ0v) is 24.2. The van der Waals surface area contributed by atoms with Gasteiger partial charge in [-0.05, 0) is 60.2 Å². The van der Waals surface area contributed by atoms with Crippen LogP contribution in [0.3, 0.4) is 0 Å². The van der Waals surface area contributed by atoms with Crippen molar-refractivity contribution >= 4 is 44.7 Å². The number of carbonyl (C=O) groups is 3. The number of anilines is 1. The molecule has 2 amide bonds. The summed E-state index contributed by atoms with van der Waals surface area (Å²) in [5.74, 6) is -0.902. The van der Waals surface area contributed by atoms with Crippen LogP contribution >= 0.6 is 11.3 Å². The molecule has 8 nitrogen and oxygen atoms in total. The van der Waals surface area contributed by atoms with Crippen molar-refractivity contribution in [1.82, 2.24) is 10.2 Å². The van der Waals surface area contributed by atoms with E-state index in [1.807, 2.05) is 49.4 Å². The van der Waals surface area contributed by atoms with Crippen LogP contribution < -0.4 is 22.5 Å². The molecule has 0 radical (unpaired) electrons. The highest BCUT2D eigenvalue weighted by molar-refractivity contribution is 7.21. The number of benzene rings is 3. The third-order valence-electron chi connectivity index (χ3n) is 8.43. The Morgan fingerprint density at radius 3 is 2.60 bits per heavy atom. The zero-order chi connectivity index (χ0) is 29.8. The number of piperidine rings is 1. The van der Waals surface area contributed by atoms with E-state index < -0.39 is 17.4 Å². The van der Waals surface area contributed by atoms with Crippen molar-refractivity contribution in [3.05, 3.63) is 100 Å². The van der Waals surface area contributed by atoms with Gasteiger partial charge in [-0.15, -0.1) is 11.3 Å². The van der Waals surface area contributed by atoms with Crippen LogP contribution in [0.25, 0.3) is 21.2 Å². The molecule has 0 bridgehead atoms. The van der Waals surface area contributed by atoms with E-state index in [9.17, 15) is 14.4 Å². The fourth-order valence-corrected chi connectivity index (χ4v) is 7.49. The zero-order valence-electron chi connectivity index (χ0n) is 23.4. The summed E-state index contributed by atoms with van der Waals surface area (Å²) < 4.78 is 0.673. The maximum absolute atomic E-state index is 14.2. The number of hydrogen-bond acceptors (Lipinski definition) is 7. The van der Waals surface area contributed by atoms with Crippen LogP contribution in [0.4, 0.5) is 5.69 Å². The highest BCUT2D eigenvalue weighted by atomic mass is 32.1. The molecule has 0 saturated carbocycles. The number of thiophene rings is 1. The van der Waals surface area contributed by atoms with E-state index in [1.165, 1.54) is 17.4 Å². The second kappa shape index (κ2) is 10.5. The predicted molar refractivity (Wildman–Crippen MR) is 167 cm³/mol. The molecule has 9 heteroatoms. The number of amides is 2. The van der Waals surface area contributed by atoms with E-state index in [0.29, 0.717) is 50.4 Å². The SMILES string of the molecule is C=CC(=O)N1CCCC(NC(=O)c2sc3c(N)ccc4c3c2C(N)C(=O)C4(N)c2cccc(-c3cccc(C)c3)c2)C1. The standard InChI is InChI=1S/C33H33N5O3S/c1-3-25(39)38-14-6-11-22(17-38)37-32(41)30-27-26-23(12-13-24(34)29(26)42-30)33(36,31(40)28(27)35)21-10-5-9-20(16-21)19-8-4-7-18(2)15-19/h3-5,7-10,12-13,15-16,22,28H,1,6,11,14,17,34-36H2,2H3,(H,37,41). The molecule has 1 aliphatic heterocycles. The van der Waals surface area contributed by atoms with E-state index in [4.69, 9.17) is 17.2 Å². The van der Waals surface area contributed by atoms with Crippen molar-refractivity contribution in [1.29, 1.82) is 0 Å². The average molecular weight is 580 g/mol. The second-order valence-electron chi connectivity index (χ2n) is 11.2. The summed E-state index contributed by atoms with van der Waals surface area (Å²) in [5, 5.41) is 3.73. The second-order valence-corrected chi connectivity index (χ2v) is 12.2. The quantitative estimate of drug-likeness (QED) is 0.207. The van der Waals surface area contributed by atoms with Crippen LogP contribution in [0, 0.1) is 6.92 Å². The Kier molecular flexibility index (Phi) is 6.97. The average Bonchev–Trinajstić information content (AvgIpc) is 3.41. The van der Waals surface area contributed by atoms with Gasteiger partial charge < -0.3 is 27.4 Å². The molecule has 214 valence electrons. The smallest absolute Gasteiger partial charge is 0.262 e. The van der Waals surface area contributed by atoms with Crippen molar-refractivity contribution < 1.29 is 14.4 Å². The number of likely N-dealkylation sites (tertiary alicyclic amines) is 1. The molecular formula is C33H33N5O3S. The molecule has 3 unspecified atom stereocenters. The lowest BCUT2D eigenvalue weighted by molar-refractivity contribution is -0.127. The number of carbonyl (C=O) groups excluding carboxylic acids is 3. The highest BCUT2D eigenvalue weighted by Gasteiger charge is 2.49. The summed E-state index contributed by atoms with van der Waals surface area (Å²) in [6, 6.07) is 17.9. The van der Waals surface area contributed by atoms with Crippen LogP contribution in [-0.4, -0.2) is 41.6 Å². The minimum absolute atomic E-state index is 0.165. The summed E-state index contributed by atoms with van der Waals surface area (Å²) in [6.07, 6.45) is 2.77. The predicted octanol–water partition coefficient (Wildman–Crippen LogP) is 4.15. The molecule has 1 saturated heterocycles. The molecule has 2 aliphatic rings. The summed E-state index contributed by atoms with van der Waals surface area (Å²) >= 11 is 1.22. The fraction of sp³-hybridized carbons (Fsp3) is 0.242. The van der Waals surface area contributed by atoms with Crippen molar-refractivity contribution in [2.24, 2.45) is 11.5 Å². The largest absolute Gasteiger partial charge is 0.398 e. The Labute approximate surface area is 248 Å². The van der Waals surface area contributed by atoms with Gasteiger partial charge in [0.1, 0.15) is 5.54 Å². The third-order valence-corrected chi connectivity index (χ3v) is 9.69. The first-order valence-corrected chi connectivity index (χ1v) is 14.8.